The molecule has 1 atom stereocenters. The molecule has 0 aromatic heterocycles. The quantitative estimate of drug-likeness (QED) is 0.877. The fourth-order valence-corrected chi connectivity index (χ4v) is 2.97. The number of methoxy groups -OCH3 is 1. The summed E-state index contributed by atoms with van der Waals surface area (Å²) in [4.78, 5) is 11.2. The van der Waals surface area contributed by atoms with E-state index in [4.69, 9.17) is 10.5 Å². The molecule has 4 nitrogen and oxygen atoms in total. The number of benzene rings is 1. The lowest BCUT2D eigenvalue weighted by Crippen LogP contribution is -2.38. The van der Waals surface area contributed by atoms with Crippen LogP contribution in [-0.2, 0) is 4.79 Å². The van der Waals surface area contributed by atoms with Gasteiger partial charge in [0.05, 0.1) is 7.11 Å². The van der Waals surface area contributed by atoms with E-state index >= 15 is 0 Å². The minimum Gasteiger partial charge on any atom is -0.497 e. The first-order valence-corrected chi connectivity index (χ1v) is 7.40. The average Bonchev–Trinajstić information content (AvgIpc) is 2.47. The normalized spacial score (nSPS) is 23.6. The first-order valence-electron chi connectivity index (χ1n) is 7.40. The summed E-state index contributed by atoms with van der Waals surface area (Å²) >= 11 is 0. The highest BCUT2D eigenvalue weighted by Gasteiger charge is 2.26. The Balaban J connectivity index is 1.93. The van der Waals surface area contributed by atoms with Crippen molar-refractivity contribution >= 4 is 5.91 Å². The third-order valence-corrected chi connectivity index (χ3v) is 4.29. The fourth-order valence-electron chi connectivity index (χ4n) is 2.97. The van der Waals surface area contributed by atoms with E-state index in [1.54, 1.807) is 12.1 Å². The summed E-state index contributed by atoms with van der Waals surface area (Å²) in [5, 5.41) is 3.44. The van der Waals surface area contributed by atoms with Crippen LogP contribution in [-0.4, -0.2) is 19.1 Å². The van der Waals surface area contributed by atoms with Crippen molar-refractivity contribution in [3.8, 4) is 5.75 Å². The molecule has 0 heterocycles. The Morgan fingerprint density at radius 1 is 1.38 bits per heavy atom. The average molecular weight is 294 g/mol. The number of hydrogen-bond acceptors (Lipinski definition) is 3. The minimum atomic E-state index is -0.264. The van der Waals surface area contributed by atoms with Crippen LogP contribution in [0.1, 0.15) is 44.2 Å². The topological polar surface area (TPSA) is 64.3 Å². The standard InChI is InChI=1S/C16H23FN2O2/c1-10(14-8-7-13(21-2)9-15(14)17)19-12-5-3-11(4-6-12)16(18)20/h7-12,19H,3-6H2,1-2H3,(H2,18,20). The molecular weight excluding hydrogens is 271 g/mol. The molecule has 1 aromatic carbocycles. The third-order valence-electron chi connectivity index (χ3n) is 4.29. The van der Waals surface area contributed by atoms with Gasteiger partial charge in [0.2, 0.25) is 5.91 Å². The number of primary amides is 1. The lowest BCUT2D eigenvalue weighted by Gasteiger charge is -2.30. The fraction of sp³-hybridized carbons (Fsp3) is 0.562. The van der Waals surface area contributed by atoms with Crippen molar-refractivity contribution in [3.05, 3.63) is 29.6 Å². The van der Waals surface area contributed by atoms with E-state index in [1.165, 1.54) is 13.2 Å². The Kier molecular flexibility index (Phi) is 5.17. The van der Waals surface area contributed by atoms with Crippen molar-refractivity contribution in [1.29, 1.82) is 0 Å². The molecule has 21 heavy (non-hydrogen) atoms. The minimum absolute atomic E-state index is 0.00363. The van der Waals surface area contributed by atoms with Crippen molar-refractivity contribution < 1.29 is 13.9 Å². The summed E-state index contributed by atoms with van der Waals surface area (Å²) in [5.74, 6) is 0.0457. The molecule has 1 aromatic rings. The molecule has 0 saturated heterocycles. The predicted molar refractivity (Wildman–Crippen MR) is 79.4 cm³/mol. The molecule has 1 fully saturated rings. The van der Waals surface area contributed by atoms with Crippen molar-refractivity contribution in [2.75, 3.05) is 7.11 Å². The van der Waals surface area contributed by atoms with E-state index in [0.717, 1.165) is 25.7 Å². The number of rotatable bonds is 5. The van der Waals surface area contributed by atoms with E-state index in [1.807, 2.05) is 6.92 Å². The third kappa shape index (κ3) is 3.94. The Labute approximate surface area is 124 Å². The molecule has 1 aliphatic rings. The Bertz CT molecular complexity index is 499. The van der Waals surface area contributed by atoms with Gasteiger partial charge in [0, 0.05) is 29.6 Å². The van der Waals surface area contributed by atoms with Crippen LogP contribution >= 0.6 is 0 Å². The van der Waals surface area contributed by atoms with E-state index < -0.39 is 0 Å². The summed E-state index contributed by atoms with van der Waals surface area (Å²) < 4.78 is 19.0. The predicted octanol–water partition coefficient (Wildman–Crippen LogP) is 2.53. The van der Waals surface area contributed by atoms with Crippen molar-refractivity contribution in [3.63, 3.8) is 0 Å². The molecule has 5 heteroatoms. The molecule has 0 spiro atoms. The van der Waals surface area contributed by atoms with Gasteiger partial charge in [-0.2, -0.15) is 0 Å². The molecule has 3 N–H and O–H groups in total. The largest absolute Gasteiger partial charge is 0.497 e. The van der Waals surface area contributed by atoms with Crippen molar-refractivity contribution in [2.45, 2.75) is 44.7 Å². The number of ether oxygens (including phenoxy) is 1. The summed E-state index contributed by atoms with van der Waals surface area (Å²) in [5.41, 5.74) is 5.96. The maximum absolute atomic E-state index is 14.0. The molecule has 1 unspecified atom stereocenters. The van der Waals surface area contributed by atoms with Crippen LogP contribution < -0.4 is 15.8 Å². The summed E-state index contributed by atoms with van der Waals surface area (Å²) in [6.45, 7) is 1.95. The van der Waals surface area contributed by atoms with E-state index in [9.17, 15) is 9.18 Å². The van der Waals surface area contributed by atoms with Crippen LogP contribution in [0.2, 0.25) is 0 Å². The molecule has 2 rings (SSSR count). The van der Waals surface area contributed by atoms with Gasteiger partial charge in [-0.25, -0.2) is 4.39 Å². The lowest BCUT2D eigenvalue weighted by molar-refractivity contribution is -0.122. The van der Waals surface area contributed by atoms with E-state index in [0.29, 0.717) is 17.4 Å². The smallest absolute Gasteiger partial charge is 0.220 e. The van der Waals surface area contributed by atoms with Crippen molar-refractivity contribution in [2.24, 2.45) is 11.7 Å². The number of halogens is 1. The molecule has 0 bridgehead atoms. The zero-order valence-electron chi connectivity index (χ0n) is 12.6. The second kappa shape index (κ2) is 6.89. The maximum atomic E-state index is 14.0. The number of hydrogen-bond donors (Lipinski definition) is 2. The van der Waals surface area contributed by atoms with E-state index in [2.05, 4.69) is 5.32 Å². The Morgan fingerprint density at radius 2 is 2.05 bits per heavy atom. The number of nitrogens with one attached hydrogen (secondary N) is 1. The summed E-state index contributed by atoms with van der Waals surface area (Å²) in [6, 6.07) is 5.14. The van der Waals surface area contributed by atoms with Crippen LogP contribution in [0.5, 0.6) is 5.75 Å². The monoisotopic (exact) mass is 294 g/mol. The summed E-state index contributed by atoms with van der Waals surface area (Å²) in [7, 11) is 1.52. The van der Waals surface area contributed by atoms with Crippen LogP contribution in [0, 0.1) is 11.7 Å². The van der Waals surface area contributed by atoms with Gasteiger partial charge in [-0.15, -0.1) is 0 Å². The molecule has 1 amide bonds. The number of nitrogens with two attached hydrogens (primary N) is 1. The molecule has 1 saturated carbocycles. The summed E-state index contributed by atoms with van der Waals surface area (Å²) in [6.07, 6.45) is 3.42. The van der Waals surface area contributed by atoms with Crippen molar-refractivity contribution in [1.82, 2.24) is 5.32 Å². The molecule has 0 radical (unpaired) electrons. The van der Waals surface area contributed by atoms with Gasteiger partial charge in [0.1, 0.15) is 11.6 Å². The maximum Gasteiger partial charge on any atom is 0.220 e. The second-order valence-corrected chi connectivity index (χ2v) is 5.73. The molecule has 0 aliphatic heterocycles. The zero-order chi connectivity index (χ0) is 15.4. The number of carbonyl (C=O) groups excluding carboxylic acids is 1. The number of carbonyl (C=O) groups is 1. The SMILES string of the molecule is COc1ccc(C(C)NC2CCC(C(N)=O)CC2)c(F)c1. The van der Waals surface area contributed by atoms with Gasteiger partial charge >= 0.3 is 0 Å². The Hall–Kier alpha value is -1.62. The first kappa shape index (κ1) is 15.8. The van der Waals surface area contributed by atoms with Gasteiger partial charge in [0.25, 0.3) is 0 Å². The van der Waals surface area contributed by atoms with Crippen LogP contribution in [0.25, 0.3) is 0 Å². The zero-order valence-corrected chi connectivity index (χ0v) is 12.6. The van der Waals surface area contributed by atoms with E-state index in [-0.39, 0.29) is 23.7 Å². The lowest BCUT2D eigenvalue weighted by atomic mass is 9.85. The van der Waals surface area contributed by atoms with Crippen LogP contribution in [0.4, 0.5) is 4.39 Å². The number of amides is 1. The highest BCUT2D eigenvalue weighted by atomic mass is 19.1. The van der Waals surface area contributed by atoms with Gasteiger partial charge < -0.3 is 15.8 Å². The van der Waals surface area contributed by atoms with Crippen LogP contribution in [0.3, 0.4) is 0 Å². The Morgan fingerprint density at radius 3 is 2.57 bits per heavy atom. The molecular formula is C16H23FN2O2. The van der Waals surface area contributed by atoms with Gasteiger partial charge in [-0.1, -0.05) is 6.07 Å². The van der Waals surface area contributed by atoms with Crippen LogP contribution in [0.15, 0.2) is 18.2 Å². The van der Waals surface area contributed by atoms with Gasteiger partial charge in [-0.3, -0.25) is 4.79 Å². The molecule has 116 valence electrons. The first-order chi connectivity index (χ1) is 10.0. The molecule has 1 aliphatic carbocycles. The van der Waals surface area contributed by atoms with Gasteiger partial charge in [-0.05, 0) is 38.7 Å². The second-order valence-electron chi connectivity index (χ2n) is 5.73. The highest BCUT2D eigenvalue weighted by Crippen LogP contribution is 2.27. The highest BCUT2D eigenvalue weighted by molar-refractivity contribution is 5.76. The van der Waals surface area contributed by atoms with Gasteiger partial charge in [0.15, 0.2) is 0 Å².